The van der Waals surface area contributed by atoms with Crippen LogP contribution < -0.4 is 16.0 Å². The van der Waals surface area contributed by atoms with E-state index in [1.54, 1.807) is 5.32 Å². The summed E-state index contributed by atoms with van der Waals surface area (Å²) < 4.78 is 36.7. The number of benzene rings is 1. The van der Waals surface area contributed by atoms with Gasteiger partial charge in [0.15, 0.2) is 0 Å². The van der Waals surface area contributed by atoms with Crippen LogP contribution in [0.2, 0.25) is 0 Å². The Morgan fingerprint density at radius 1 is 1.22 bits per heavy atom. The van der Waals surface area contributed by atoms with E-state index in [0.29, 0.717) is 6.42 Å². The van der Waals surface area contributed by atoms with Crippen LogP contribution in [0, 0.1) is 0 Å². The van der Waals surface area contributed by atoms with E-state index < -0.39 is 24.7 Å². The molecule has 1 atom stereocenters. The van der Waals surface area contributed by atoms with Gasteiger partial charge in [0, 0.05) is 10.5 Å². The fraction of sp³-hybridized carbons (Fsp3) is 0.429. The molecule has 0 bridgehead atoms. The van der Waals surface area contributed by atoms with Crippen LogP contribution in [-0.4, -0.2) is 31.2 Å². The SMILES string of the molecule is CC[C@H](NCC(=O)NC(=O)NCC(F)(F)F)c1ccc(Br)cc1. The zero-order valence-corrected chi connectivity index (χ0v) is 13.9. The Morgan fingerprint density at radius 2 is 1.83 bits per heavy atom. The van der Waals surface area contributed by atoms with Crippen molar-refractivity contribution in [2.45, 2.75) is 25.6 Å². The molecule has 23 heavy (non-hydrogen) atoms. The van der Waals surface area contributed by atoms with E-state index in [1.165, 1.54) is 0 Å². The van der Waals surface area contributed by atoms with Gasteiger partial charge in [-0.2, -0.15) is 13.2 Å². The van der Waals surface area contributed by atoms with E-state index in [1.807, 2.05) is 36.5 Å². The predicted octanol–water partition coefficient (Wildman–Crippen LogP) is 2.88. The summed E-state index contributed by atoms with van der Waals surface area (Å²) in [5.74, 6) is -0.708. The first kappa shape index (κ1) is 19.4. The van der Waals surface area contributed by atoms with Crippen LogP contribution >= 0.6 is 15.9 Å². The number of alkyl halides is 3. The molecule has 5 nitrogen and oxygen atoms in total. The molecule has 1 rings (SSSR count). The summed E-state index contributed by atoms with van der Waals surface area (Å²) in [6.45, 7) is 0.248. The van der Waals surface area contributed by atoms with Crippen molar-refractivity contribution in [3.05, 3.63) is 34.3 Å². The molecule has 1 aromatic rings. The monoisotopic (exact) mass is 395 g/mol. The molecule has 0 fully saturated rings. The summed E-state index contributed by atoms with van der Waals surface area (Å²) in [5, 5.41) is 6.35. The number of carbonyl (C=O) groups excluding carboxylic acids is 2. The lowest BCUT2D eigenvalue weighted by atomic mass is 10.0. The standard InChI is InChI=1S/C14H17BrF3N3O2/c1-2-11(9-3-5-10(15)6-4-9)19-7-12(22)21-13(23)20-8-14(16,17)18/h3-6,11,19H,2,7-8H2,1H3,(H2,20,21,22,23)/t11-/m0/s1. The Bertz CT molecular complexity index is 535. The molecule has 0 saturated heterocycles. The second-order valence-electron chi connectivity index (χ2n) is 4.74. The van der Waals surface area contributed by atoms with Crippen molar-refractivity contribution in [1.82, 2.24) is 16.0 Å². The topological polar surface area (TPSA) is 70.2 Å². The van der Waals surface area contributed by atoms with Crippen molar-refractivity contribution in [2.75, 3.05) is 13.1 Å². The number of nitrogens with one attached hydrogen (secondary N) is 3. The summed E-state index contributed by atoms with van der Waals surface area (Å²) in [4.78, 5) is 22.7. The van der Waals surface area contributed by atoms with Gasteiger partial charge in [-0.3, -0.25) is 10.1 Å². The number of halogens is 4. The molecule has 0 aromatic heterocycles. The molecule has 0 unspecified atom stereocenters. The lowest BCUT2D eigenvalue weighted by Gasteiger charge is -2.17. The number of rotatable bonds is 6. The molecule has 0 heterocycles. The van der Waals surface area contributed by atoms with Crippen LogP contribution in [0.4, 0.5) is 18.0 Å². The minimum Gasteiger partial charge on any atom is -0.329 e. The van der Waals surface area contributed by atoms with Gasteiger partial charge in [-0.05, 0) is 24.1 Å². The van der Waals surface area contributed by atoms with Gasteiger partial charge in [0.25, 0.3) is 0 Å². The molecule has 0 radical (unpaired) electrons. The van der Waals surface area contributed by atoms with Crippen molar-refractivity contribution >= 4 is 27.9 Å². The molecule has 128 valence electrons. The summed E-state index contributed by atoms with van der Waals surface area (Å²) in [7, 11) is 0. The molecule has 0 aliphatic heterocycles. The van der Waals surface area contributed by atoms with Crippen LogP contribution in [0.15, 0.2) is 28.7 Å². The highest BCUT2D eigenvalue weighted by Crippen LogP contribution is 2.19. The Morgan fingerprint density at radius 3 is 2.35 bits per heavy atom. The smallest absolute Gasteiger partial charge is 0.329 e. The van der Waals surface area contributed by atoms with Gasteiger partial charge < -0.3 is 10.6 Å². The molecule has 1 aromatic carbocycles. The minimum absolute atomic E-state index is 0.105. The highest BCUT2D eigenvalue weighted by molar-refractivity contribution is 9.10. The van der Waals surface area contributed by atoms with Crippen LogP contribution in [0.3, 0.4) is 0 Å². The molecule has 9 heteroatoms. The summed E-state index contributed by atoms with van der Waals surface area (Å²) >= 11 is 3.33. The van der Waals surface area contributed by atoms with Gasteiger partial charge in [0.05, 0.1) is 6.54 Å². The average Bonchev–Trinajstić information content (AvgIpc) is 2.47. The fourth-order valence-electron chi connectivity index (χ4n) is 1.80. The van der Waals surface area contributed by atoms with Crippen LogP contribution in [-0.2, 0) is 4.79 Å². The van der Waals surface area contributed by atoms with Gasteiger partial charge in [-0.25, -0.2) is 4.79 Å². The maximum Gasteiger partial charge on any atom is 0.405 e. The van der Waals surface area contributed by atoms with Crippen molar-refractivity contribution in [3.63, 3.8) is 0 Å². The van der Waals surface area contributed by atoms with Gasteiger partial charge in [0.2, 0.25) is 5.91 Å². The molecule has 3 N–H and O–H groups in total. The number of carbonyl (C=O) groups is 2. The van der Waals surface area contributed by atoms with Crippen molar-refractivity contribution in [1.29, 1.82) is 0 Å². The first-order valence-corrected chi connectivity index (χ1v) is 7.64. The van der Waals surface area contributed by atoms with E-state index in [0.717, 1.165) is 10.0 Å². The zero-order valence-electron chi connectivity index (χ0n) is 12.3. The Kier molecular flexibility index (Phi) is 7.50. The largest absolute Gasteiger partial charge is 0.405 e. The molecule has 0 spiro atoms. The van der Waals surface area contributed by atoms with Gasteiger partial charge in [-0.1, -0.05) is 35.0 Å². The number of hydrogen-bond acceptors (Lipinski definition) is 3. The van der Waals surface area contributed by atoms with Crippen molar-refractivity contribution in [3.8, 4) is 0 Å². The van der Waals surface area contributed by atoms with Gasteiger partial charge in [-0.15, -0.1) is 0 Å². The Hall–Kier alpha value is -1.61. The maximum atomic E-state index is 11.9. The molecule has 0 aliphatic rings. The third kappa shape index (κ3) is 7.98. The van der Waals surface area contributed by atoms with Crippen LogP contribution in [0.1, 0.15) is 24.9 Å². The van der Waals surface area contributed by atoms with Crippen LogP contribution in [0.25, 0.3) is 0 Å². The van der Waals surface area contributed by atoms with Crippen LogP contribution in [0.5, 0.6) is 0 Å². The highest BCUT2D eigenvalue weighted by Gasteiger charge is 2.27. The summed E-state index contributed by atoms with van der Waals surface area (Å²) in [5.41, 5.74) is 0.963. The molecular formula is C14H17BrF3N3O2. The first-order chi connectivity index (χ1) is 10.7. The van der Waals surface area contributed by atoms with E-state index in [-0.39, 0.29) is 12.6 Å². The highest BCUT2D eigenvalue weighted by atomic mass is 79.9. The number of urea groups is 1. The molecule has 0 saturated carbocycles. The molecular weight excluding hydrogens is 379 g/mol. The second-order valence-corrected chi connectivity index (χ2v) is 5.65. The minimum atomic E-state index is -4.52. The van der Waals surface area contributed by atoms with Gasteiger partial charge in [0.1, 0.15) is 6.54 Å². The Labute approximate surface area is 140 Å². The number of amides is 3. The maximum absolute atomic E-state index is 11.9. The molecule has 0 aliphatic carbocycles. The normalized spacial score (nSPS) is 12.6. The van der Waals surface area contributed by atoms with E-state index in [4.69, 9.17) is 0 Å². The fourth-order valence-corrected chi connectivity index (χ4v) is 2.07. The second kappa shape index (κ2) is 8.88. The predicted molar refractivity (Wildman–Crippen MR) is 82.8 cm³/mol. The third-order valence-electron chi connectivity index (χ3n) is 2.89. The lowest BCUT2D eigenvalue weighted by Crippen LogP contribution is -2.46. The summed E-state index contributed by atoms with van der Waals surface area (Å²) in [6, 6.07) is 6.23. The lowest BCUT2D eigenvalue weighted by molar-refractivity contribution is -0.124. The number of imide groups is 1. The zero-order chi connectivity index (χ0) is 17.5. The van der Waals surface area contributed by atoms with E-state index in [9.17, 15) is 22.8 Å². The Balaban J connectivity index is 2.41. The van der Waals surface area contributed by atoms with Crippen molar-refractivity contribution in [2.24, 2.45) is 0 Å². The quantitative estimate of drug-likeness (QED) is 0.693. The third-order valence-corrected chi connectivity index (χ3v) is 3.42. The first-order valence-electron chi connectivity index (χ1n) is 6.84. The number of hydrogen-bond donors (Lipinski definition) is 3. The molecule has 3 amide bonds. The average molecular weight is 396 g/mol. The van der Waals surface area contributed by atoms with Crippen molar-refractivity contribution < 1.29 is 22.8 Å². The van der Waals surface area contributed by atoms with E-state index in [2.05, 4.69) is 21.2 Å². The van der Waals surface area contributed by atoms with Gasteiger partial charge >= 0.3 is 12.2 Å². The van der Waals surface area contributed by atoms with E-state index >= 15 is 0 Å². The summed E-state index contributed by atoms with van der Waals surface area (Å²) in [6.07, 6.45) is -3.82.